The molecule has 0 bridgehead atoms. The Balaban J connectivity index is 2.34. The smallest absolute Gasteiger partial charge is 0.302 e. The van der Waals surface area contributed by atoms with Gasteiger partial charge in [-0.3, -0.25) is 9.59 Å². The van der Waals surface area contributed by atoms with Crippen molar-refractivity contribution in [1.29, 1.82) is 0 Å². The zero-order valence-corrected chi connectivity index (χ0v) is 11.3. The number of aliphatic hydroxyl groups excluding tert-OH is 2. The van der Waals surface area contributed by atoms with Crippen molar-refractivity contribution in [2.75, 3.05) is 24.7 Å². The highest BCUT2D eigenvalue weighted by Gasteiger charge is 2.35. The fourth-order valence-corrected chi connectivity index (χ4v) is 3.24. The van der Waals surface area contributed by atoms with Gasteiger partial charge in [-0.1, -0.05) is 0 Å². The first-order chi connectivity index (χ1) is 8.54. The molecule has 0 saturated heterocycles. The molecule has 6 heteroatoms. The van der Waals surface area contributed by atoms with Crippen LogP contribution in [-0.2, 0) is 14.3 Å². The third-order valence-electron chi connectivity index (χ3n) is 3.06. The van der Waals surface area contributed by atoms with Crippen molar-refractivity contribution in [2.45, 2.75) is 25.9 Å². The molecule has 0 heterocycles. The van der Waals surface area contributed by atoms with E-state index in [1.54, 1.807) is 0 Å². The van der Waals surface area contributed by atoms with Crippen LogP contribution in [0.4, 0.5) is 0 Å². The number of rotatable bonds is 7. The number of thioether (sulfide) groups is 1. The van der Waals surface area contributed by atoms with Gasteiger partial charge < -0.3 is 14.9 Å². The summed E-state index contributed by atoms with van der Waals surface area (Å²) in [5, 5.41) is 17.9. The summed E-state index contributed by atoms with van der Waals surface area (Å²) in [4.78, 5) is 22.5. The molecule has 2 N–H and O–H groups in total. The Labute approximate surface area is 111 Å². The number of hydrogen-bond donors (Lipinski definition) is 2. The molecule has 0 aliphatic heterocycles. The van der Waals surface area contributed by atoms with Crippen LogP contribution in [0.2, 0.25) is 0 Å². The van der Waals surface area contributed by atoms with Gasteiger partial charge in [0.25, 0.3) is 0 Å². The highest BCUT2D eigenvalue weighted by Crippen LogP contribution is 2.31. The maximum atomic E-state index is 11.7. The molecule has 104 valence electrons. The minimum absolute atomic E-state index is 0.0970. The third kappa shape index (κ3) is 4.96. The summed E-state index contributed by atoms with van der Waals surface area (Å²) < 4.78 is 4.96. The maximum absolute atomic E-state index is 11.7. The molecular formula is C12H20O5S. The van der Waals surface area contributed by atoms with Gasteiger partial charge in [-0.05, 0) is 6.42 Å². The van der Waals surface area contributed by atoms with Crippen LogP contribution in [0, 0.1) is 11.8 Å². The molecular weight excluding hydrogens is 256 g/mol. The van der Waals surface area contributed by atoms with Gasteiger partial charge in [0.1, 0.15) is 5.78 Å². The molecule has 0 amide bonds. The predicted molar refractivity (Wildman–Crippen MR) is 68.3 cm³/mol. The molecule has 3 atom stereocenters. The van der Waals surface area contributed by atoms with E-state index in [0.717, 1.165) is 6.42 Å². The molecule has 18 heavy (non-hydrogen) atoms. The number of carbonyl (C=O) groups excluding carboxylic acids is 2. The SMILES string of the molecule is CC(=O)OC[C@@H]1CCC(=O)[C@H]1CSC[C@@H](O)CO. The van der Waals surface area contributed by atoms with E-state index in [4.69, 9.17) is 9.84 Å². The molecule has 1 rings (SSSR count). The monoisotopic (exact) mass is 276 g/mol. The molecule has 0 aromatic carbocycles. The van der Waals surface area contributed by atoms with Crippen molar-refractivity contribution in [3.05, 3.63) is 0 Å². The Hall–Kier alpha value is -0.590. The fourth-order valence-electron chi connectivity index (χ4n) is 2.01. The van der Waals surface area contributed by atoms with Crippen molar-refractivity contribution >= 4 is 23.5 Å². The van der Waals surface area contributed by atoms with E-state index in [1.807, 2.05) is 0 Å². The molecule has 1 aliphatic rings. The summed E-state index contributed by atoms with van der Waals surface area (Å²) in [6, 6.07) is 0. The van der Waals surface area contributed by atoms with Crippen LogP contribution in [0.5, 0.6) is 0 Å². The molecule has 0 unspecified atom stereocenters. The van der Waals surface area contributed by atoms with Gasteiger partial charge in [0.2, 0.25) is 0 Å². The molecule has 1 aliphatic carbocycles. The van der Waals surface area contributed by atoms with E-state index >= 15 is 0 Å². The Kier molecular flexibility index (Phi) is 6.67. The standard InChI is InChI=1S/C12H20O5S/c1-8(14)17-5-9-2-3-12(16)11(9)7-18-6-10(15)4-13/h9-11,13,15H,2-7H2,1H3/t9-,10-,11-/m0/s1. The van der Waals surface area contributed by atoms with Crippen LogP contribution < -0.4 is 0 Å². The van der Waals surface area contributed by atoms with Gasteiger partial charge in [0, 0.05) is 36.7 Å². The zero-order valence-electron chi connectivity index (χ0n) is 10.5. The Morgan fingerprint density at radius 2 is 2.33 bits per heavy atom. The maximum Gasteiger partial charge on any atom is 0.302 e. The van der Waals surface area contributed by atoms with Gasteiger partial charge in [-0.2, -0.15) is 11.8 Å². The fraction of sp³-hybridized carbons (Fsp3) is 0.833. The predicted octanol–water partition coefficient (Wildman–Crippen LogP) is 0.231. The lowest BCUT2D eigenvalue weighted by Gasteiger charge is -2.18. The van der Waals surface area contributed by atoms with Crippen molar-refractivity contribution in [1.82, 2.24) is 0 Å². The first kappa shape index (κ1) is 15.5. The van der Waals surface area contributed by atoms with Crippen LogP contribution in [0.1, 0.15) is 19.8 Å². The molecule has 5 nitrogen and oxygen atoms in total. The van der Waals surface area contributed by atoms with Gasteiger partial charge >= 0.3 is 5.97 Å². The van der Waals surface area contributed by atoms with Crippen LogP contribution in [0.25, 0.3) is 0 Å². The van der Waals surface area contributed by atoms with Crippen molar-refractivity contribution in [3.63, 3.8) is 0 Å². The highest BCUT2D eigenvalue weighted by molar-refractivity contribution is 7.99. The number of carbonyl (C=O) groups is 2. The van der Waals surface area contributed by atoms with Crippen LogP contribution >= 0.6 is 11.8 Å². The first-order valence-electron chi connectivity index (χ1n) is 6.07. The molecule has 0 radical (unpaired) electrons. The molecule has 0 spiro atoms. The van der Waals surface area contributed by atoms with Crippen LogP contribution in [-0.4, -0.2) is 52.8 Å². The second-order valence-electron chi connectivity index (χ2n) is 4.55. The summed E-state index contributed by atoms with van der Waals surface area (Å²) in [6.07, 6.45) is 0.568. The average molecular weight is 276 g/mol. The number of esters is 1. The number of ether oxygens (including phenoxy) is 1. The van der Waals surface area contributed by atoms with Gasteiger partial charge in [-0.15, -0.1) is 0 Å². The lowest BCUT2D eigenvalue weighted by atomic mass is 9.98. The second kappa shape index (κ2) is 7.76. The minimum atomic E-state index is -0.738. The largest absolute Gasteiger partial charge is 0.466 e. The van der Waals surface area contributed by atoms with Crippen LogP contribution in [0.3, 0.4) is 0 Å². The van der Waals surface area contributed by atoms with E-state index in [9.17, 15) is 14.7 Å². The van der Waals surface area contributed by atoms with E-state index in [1.165, 1.54) is 18.7 Å². The van der Waals surface area contributed by atoms with Crippen molar-refractivity contribution in [2.24, 2.45) is 11.8 Å². The summed E-state index contributed by atoms with van der Waals surface area (Å²) in [5.74, 6) is 0.914. The average Bonchev–Trinajstić information content (AvgIpc) is 2.68. The van der Waals surface area contributed by atoms with Gasteiger partial charge in [-0.25, -0.2) is 0 Å². The van der Waals surface area contributed by atoms with Crippen molar-refractivity contribution < 1.29 is 24.5 Å². The molecule has 1 saturated carbocycles. The summed E-state index contributed by atoms with van der Waals surface area (Å²) in [6.45, 7) is 1.40. The van der Waals surface area contributed by atoms with E-state index < -0.39 is 6.10 Å². The summed E-state index contributed by atoms with van der Waals surface area (Å²) >= 11 is 1.45. The lowest BCUT2D eigenvalue weighted by molar-refractivity contribution is -0.143. The normalized spacial score (nSPS) is 25.2. The quantitative estimate of drug-likeness (QED) is 0.648. The number of ketones is 1. The van der Waals surface area contributed by atoms with Gasteiger partial charge in [0.05, 0.1) is 19.3 Å². The Morgan fingerprint density at radius 3 is 2.94 bits per heavy atom. The number of aliphatic hydroxyl groups is 2. The Bertz CT molecular complexity index is 294. The molecule has 1 fully saturated rings. The zero-order chi connectivity index (χ0) is 13.5. The summed E-state index contributed by atoms with van der Waals surface area (Å²) in [7, 11) is 0. The van der Waals surface area contributed by atoms with E-state index in [0.29, 0.717) is 24.5 Å². The number of hydrogen-bond acceptors (Lipinski definition) is 6. The lowest BCUT2D eigenvalue weighted by Crippen LogP contribution is -2.24. The molecule has 0 aromatic heterocycles. The Morgan fingerprint density at radius 1 is 1.61 bits per heavy atom. The second-order valence-corrected chi connectivity index (χ2v) is 5.62. The van der Waals surface area contributed by atoms with E-state index in [-0.39, 0.29) is 30.2 Å². The minimum Gasteiger partial charge on any atom is -0.466 e. The van der Waals surface area contributed by atoms with Crippen LogP contribution in [0.15, 0.2) is 0 Å². The topological polar surface area (TPSA) is 83.8 Å². The highest BCUT2D eigenvalue weighted by atomic mass is 32.2. The summed E-state index contributed by atoms with van der Waals surface area (Å²) in [5.41, 5.74) is 0. The first-order valence-corrected chi connectivity index (χ1v) is 7.22. The van der Waals surface area contributed by atoms with Crippen molar-refractivity contribution in [3.8, 4) is 0 Å². The molecule has 0 aromatic rings. The van der Waals surface area contributed by atoms with Gasteiger partial charge in [0.15, 0.2) is 0 Å². The van der Waals surface area contributed by atoms with E-state index in [2.05, 4.69) is 0 Å². The number of Topliss-reactive ketones (excluding diaryl/α,β-unsaturated/α-hetero) is 1. The third-order valence-corrected chi connectivity index (χ3v) is 4.28.